The minimum Gasteiger partial charge on any atom is -0.504 e. The monoisotopic (exact) mass is 365 g/mol. The first-order valence-electron chi connectivity index (χ1n) is 8.27. The van der Waals surface area contributed by atoms with Crippen molar-refractivity contribution >= 4 is 11.8 Å². The van der Waals surface area contributed by atoms with Gasteiger partial charge in [0.15, 0.2) is 17.6 Å². The highest BCUT2D eigenvalue weighted by molar-refractivity contribution is 5.86. The first kappa shape index (κ1) is 18.3. The summed E-state index contributed by atoms with van der Waals surface area (Å²) in [5, 5.41) is 20.0. The third kappa shape index (κ3) is 4.19. The summed E-state index contributed by atoms with van der Waals surface area (Å²) in [7, 11) is 1.31. The van der Waals surface area contributed by atoms with Gasteiger partial charge in [-0.05, 0) is 23.3 Å². The van der Waals surface area contributed by atoms with Crippen LogP contribution in [0, 0.1) is 0 Å². The van der Waals surface area contributed by atoms with Gasteiger partial charge in [0.05, 0.1) is 12.8 Å². The van der Waals surface area contributed by atoms with Crippen LogP contribution in [0.4, 0.5) is 10.5 Å². The lowest BCUT2D eigenvalue weighted by atomic mass is 10.0. The summed E-state index contributed by atoms with van der Waals surface area (Å²) in [6, 6.07) is 22.6. The molecule has 0 spiro atoms. The Morgan fingerprint density at radius 1 is 0.852 bits per heavy atom. The second-order valence-electron chi connectivity index (χ2n) is 5.74. The first-order chi connectivity index (χ1) is 13.1. The highest BCUT2D eigenvalue weighted by atomic mass is 16.7. The van der Waals surface area contributed by atoms with Crippen molar-refractivity contribution in [3.05, 3.63) is 90.0 Å². The van der Waals surface area contributed by atoms with E-state index in [0.717, 1.165) is 16.2 Å². The first-order valence-corrected chi connectivity index (χ1v) is 8.27. The Morgan fingerprint density at radius 3 is 1.89 bits per heavy atom. The van der Waals surface area contributed by atoms with Crippen LogP contribution in [-0.2, 0) is 9.57 Å². The van der Waals surface area contributed by atoms with E-state index in [4.69, 9.17) is 9.57 Å². The molecule has 0 atom stereocenters. The van der Waals surface area contributed by atoms with Gasteiger partial charge in [0.25, 0.3) is 0 Å². The van der Waals surface area contributed by atoms with Crippen molar-refractivity contribution < 1.29 is 24.6 Å². The summed E-state index contributed by atoms with van der Waals surface area (Å²) in [5.41, 5.74) is 1.83. The quantitative estimate of drug-likeness (QED) is 0.518. The van der Waals surface area contributed by atoms with Crippen LogP contribution in [0.1, 0.15) is 17.2 Å². The Hall–Kier alpha value is -3.51. The summed E-state index contributed by atoms with van der Waals surface area (Å²) in [6.07, 6.45) is -1.40. The second kappa shape index (κ2) is 8.25. The lowest BCUT2D eigenvalue weighted by Crippen LogP contribution is -2.31. The number of ether oxygens (including phenoxy) is 1. The van der Waals surface area contributed by atoms with E-state index < -0.39 is 12.2 Å². The maximum atomic E-state index is 12.8. The zero-order valence-electron chi connectivity index (χ0n) is 14.6. The second-order valence-corrected chi connectivity index (χ2v) is 5.74. The van der Waals surface area contributed by atoms with Gasteiger partial charge in [-0.15, -0.1) is 0 Å². The van der Waals surface area contributed by atoms with Crippen LogP contribution < -0.4 is 5.06 Å². The molecule has 2 N–H and O–H groups in total. The lowest BCUT2D eigenvalue weighted by Gasteiger charge is -2.24. The number of hydrogen-bond acceptors (Lipinski definition) is 5. The van der Waals surface area contributed by atoms with E-state index in [1.54, 1.807) is 0 Å². The van der Waals surface area contributed by atoms with E-state index in [-0.39, 0.29) is 17.2 Å². The Labute approximate surface area is 156 Å². The van der Waals surface area contributed by atoms with Crippen molar-refractivity contribution in [3.63, 3.8) is 0 Å². The number of rotatable bonds is 5. The molecule has 3 aromatic carbocycles. The van der Waals surface area contributed by atoms with Crippen molar-refractivity contribution in [2.45, 2.75) is 6.10 Å². The van der Waals surface area contributed by atoms with Crippen molar-refractivity contribution in [2.24, 2.45) is 0 Å². The number of phenols is 2. The van der Waals surface area contributed by atoms with Gasteiger partial charge in [0.2, 0.25) is 0 Å². The number of anilines is 1. The van der Waals surface area contributed by atoms with Crippen LogP contribution in [0.3, 0.4) is 0 Å². The third-order valence-electron chi connectivity index (χ3n) is 3.97. The number of amides is 1. The number of carbonyl (C=O) groups excluding carboxylic acids is 1. The molecule has 0 fully saturated rings. The largest absolute Gasteiger partial charge is 0.504 e. The molecule has 0 aliphatic rings. The zero-order valence-corrected chi connectivity index (χ0v) is 14.6. The van der Waals surface area contributed by atoms with Gasteiger partial charge in [0, 0.05) is 6.07 Å². The van der Waals surface area contributed by atoms with Crippen molar-refractivity contribution in [2.75, 3.05) is 12.2 Å². The molecule has 3 rings (SSSR count). The summed E-state index contributed by atoms with van der Waals surface area (Å²) in [4.78, 5) is 17.9. The SMILES string of the molecule is CON(C(=O)OC(c1ccccc1)c1ccccc1)c1ccc(O)c(O)c1. The highest BCUT2D eigenvalue weighted by Crippen LogP contribution is 2.31. The fourth-order valence-electron chi connectivity index (χ4n) is 2.66. The topological polar surface area (TPSA) is 79.2 Å². The van der Waals surface area contributed by atoms with Gasteiger partial charge >= 0.3 is 6.09 Å². The van der Waals surface area contributed by atoms with Gasteiger partial charge in [-0.2, -0.15) is 5.06 Å². The van der Waals surface area contributed by atoms with Gasteiger partial charge in [-0.1, -0.05) is 60.7 Å². The molecule has 6 nitrogen and oxygen atoms in total. The molecule has 0 heterocycles. The van der Waals surface area contributed by atoms with E-state index in [0.29, 0.717) is 0 Å². The Bertz CT molecular complexity index is 859. The molecule has 27 heavy (non-hydrogen) atoms. The summed E-state index contributed by atoms with van der Waals surface area (Å²) in [5.74, 6) is -0.667. The number of benzene rings is 3. The van der Waals surface area contributed by atoms with E-state index in [9.17, 15) is 15.0 Å². The molecule has 0 saturated heterocycles. The summed E-state index contributed by atoms with van der Waals surface area (Å²) in [6.45, 7) is 0. The maximum Gasteiger partial charge on any atom is 0.439 e. The van der Waals surface area contributed by atoms with Crippen LogP contribution in [-0.4, -0.2) is 23.4 Å². The number of aromatic hydroxyl groups is 2. The van der Waals surface area contributed by atoms with Crippen LogP contribution in [0.15, 0.2) is 78.9 Å². The van der Waals surface area contributed by atoms with Crippen molar-refractivity contribution in [1.82, 2.24) is 0 Å². The fourth-order valence-corrected chi connectivity index (χ4v) is 2.66. The van der Waals surface area contributed by atoms with E-state index >= 15 is 0 Å². The van der Waals surface area contributed by atoms with Crippen molar-refractivity contribution in [3.8, 4) is 11.5 Å². The van der Waals surface area contributed by atoms with Crippen molar-refractivity contribution in [1.29, 1.82) is 0 Å². The van der Waals surface area contributed by atoms with Crippen LogP contribution in [0.5, 0.6) is 11.5 Å². The predicted molar refractivity (Wildman–Crippen MR) is 100 cm³/mol. The Kier molecular flexibility index (Phi) is 5.58. The van der Waals surface area contributed by atoms with E-state index in [1.165, 1.54) is 25.3 Å². The summed E-state index contributed by atoms with van der Waals surface area (Å²) >= 11 is 0. The molecule has 0 aliphatic carbocycles. The molecule has 0 saturated carbocycles. The summed E-state index contributed by atoms with van der Waals surface area (Å²) < 4.78 is 5.72. The molecule has 0 aliphatic heterocycles. The molecule has 0 unspecified atom stereocenters. The molecule has 138 valence electrons. The highest BCUT2D eigenvalue weighted by Gasteiger charge is 2.25. The fraction of sp³-hybridized carbons (Fsp3) is 0.0952. The van der Waals surface area contributed by atoms with Gasteiger partial charge in [-0.3, -0.25) is 4.84 Å². The molecule has 1 amide bonds. The number of hydroxylamine groups is 1. The smallest absolute Gasteiger partial charge is 0.439 e. The van der Waals surface area contributed by atoms with Gasteiger partial charge in [-0.25, -0.2) is 4.79 Å². The maximum absolute atomic E-state index is 12.8. The molecular formula is C21H19NO5. The number of nitrogens with zero attached hydrogens (tertiary/aromatic N) is 1. The normalized spacial score (nSPS) is 10.6. The van der Waals surface area contributed by atoms with Crippen LogP contribution >= 0.6 is 0 Å². The standard InChI is InChI=1S/C21H19NO5/c1-26-22(17-12-13-18(23)19(24)14-17)21(25)27-20(15-8-4-2-5-9-15)16-10-6-3-7-11-16/h2-14,20,23-24H,1H3. The molecule has 0 radical (unpaired) electrons. The average molecular weight is 365 g/mol. The minimum absolute atomic E-state index is 0.220. The Balaban J connectivity index is 1.90. The number of hydrogen-bond donors (Lipinski definition) is 2. The van der Waals surface area contributed by atoms with Gasteiger partial charge < -0.3 is 14.9 Å². The molecule has 0 bridgehead atoms. The molecule has 6 heteroatoms. The molecule has 0 aromatic heterocycles. The molecular weight excluding hydrogens is 346 g/mol. The van der Waals surface area contributed by atoms with Crippen LogP contribution in [0.25, 0.3) is 0 Å². The number of phenolic OH excluding ortho intramolecular Hbond substituents is 2. The zero-order chi connectivity index (χ0) is 19.2. The van der Waals surface area contributed by atoms with Gasteiger partial charge in [0.1, 0.15) is 0 Å². The number of carbonyl (C=O) groups is 1. The minimum atomic E-state index is -0.764. The lowest BCUT2D eigenvalue weighted by molar-refractivity contribution is 0.0800. The van der Waals surface area contributed by atoms with E-state index in [2.05, 4.69) is 0 Å². The molecule has 3 aromatic rings. The Morgan fingerprint density at radius 2 is 1.41 bits per heavy atom. The van der Waals surface area contributed by atoms with E-state index in [1.807, 2.05) is 60.7 Å². The average Bonchev–Trinajstić information content (AvgIpc) is 2.70. The predicted octanol–water partition coefficient (Wildman–Crippen LogP) is 4.39. The van der Waals surface area contributed by atoms with Crippen LogP contribution in [0.2, 0.25) is 0 Å². The third-order valence-corrected chi connectivity index (χ3v) is 3.97.